The lowest BCUT2D eigenvalue weighted by atomic mass is 10.0. The van der Waals surface area contributed by atoms with Gasteiger partial charge in [0.05, 0.1) is 6.04 Å². The first-order chi connectivity index (χ1) is 11.3. The van der Waals surface area contributed by atoms with Crippen LogP contribution in [-0.4, -0.2) is 17.4 Å². The molecule has 0 aliphatic carbocycles. The Kier molecular flexibility index (Phi) is 8.44. The van der Waals surface area contributed by atoms with Gasteiger partial charge in [-0.1, -0.05) is 50.2 Å². The Labute approximate surface area is 149 Å². The maximum absolute atomic E-state index is 12.7. The number of rotatable bonds is 3. The van der Waals surface area contributed by atoms with E-state index in [0.29, 0.717) is 0 Å². The van der Waals surface area contributed by atoms with Crippen LogP contribution in [0.15, 0.2) is 53.4 Å². The van der Waals surface area contributed by atoms with E-state index in [1.807, 2.05) is 67.5 Å². The van der Waals surface area contributed by atoms with Crippen molar-refractivity contribution in [3.05, 3.63) is 63.9 Å². The van der Waals surface area contributed by atoms with Crippen molar-refractivity contribution in [2.24, 2.45) is 0 Å². The van der Waals surface area contributed by atoms with Gasteiger partial charge in [-0.25, -0.2) is 0 Å². The zero-order valence-electron chi connectivity index (χ0n) is 14.9. The highest BCUT2D eigenvalue weighted by atomic mass is 32.1. The smallest absolute Gasteiger partial charge is 0.250 e. The van der Waals surface area contributed by atoms with Gasteiger partial charge in [-0.15, -0.1) is 11.3 Å². The normalized spacial score (nSPS) is 16.9. The maximum atomic E-state index is 12.7. The van der Waals surface area contributed by atoms with Crippen LogP contribution < -0.4 is 6.15 Å². The Bertz CT molecular complexity index is 635. The average Bonchev–Trinajstić information content (AvgIpc) is 3.28. The summed E-state index contributed by atoms with van der Waals surface area (Å²) in [5.74, 6) is 0.162. The molecule has 1 aromatic carbocycles. The highest BCUT2D eigenvalue weighted by Crippen LogP contribution is 2.33. The summed E-state index contributed by atoms with van der Waals surface area (Å²) in [5, 5.41) is 2.03. The molecule has 1 aliphatic heterocycles. The summed E-state index contributed by atoms with van der Waals surface area (Å²) in [5.41, 5.74) is 2.06. The molecular formula is C20H28N2OS. The molecule has 0 spiro atoms. The predicted octanol–water partition coefficient (Wildman–Crippen LogP) is 5.70. The first kappa shape index (κ1) is 20.1. The number of hydrogen-bond donors (Lipinski definition) is 1. The molecule has 0 bridgehead atoms. The van der Waals surface area contributed by atoms with E-state index in [4.69, 9.17) is 0 Å². The zero-order chi connectivity index (χ0) is 16.7. The largest absolute Gasteiger partial charge is 0.344 e. The molecule has 1 amide bonds. The Morgan fingerprint density at radius 2 is 1.88 bits per heavy atom. The minimum absolute atomic E-state index is 0. The van der Waals surface area contributed by atoms with Gasteiger partial charge in [-0.3, -0.25) is 4.79 Å². The maximum Gasteiger partial charge on any atom is 0.250 e. The van der Waals surface area contributed by atoms with E-state index >= 15 is 0 Å². The Hall–Kier alpha value is -1.91. The predicted molar refractivity (Wildman–Crippen MR) is 104 cm³/mol. The molecule has 2 heterocycles. The third-order valence-electron chi connectivity index (χ3n) is 3.94. The fraction of sp³-hybridized carbons (Fsp3) is 0.350. The lowest BCUT2D eigenvalue weighted by Crippen LogP contribution is -2.31. The van der Waals surface area contributed by atoms with Gasteiger partial charge in [-0.2, -0.15) is 0 Å². The van der Waals surface area contributed by atoms with E-state index in [0.717, 1.165) is 29.8 Å². The van der Waals surface area contributed by atoms with Gasteiger partial charge in [0.15, 0.2) is 0 Å². The molecule has 0 saturated carbocycles. The highest BCUT2D eigenvalue weighted by Gasteiger charge is 2.30. The minimum Gasteiger partial charge on any atom is -0.344 e. The molecule has 0 radical (unpaired) electrons. The molecule has 1 atom stereocenters. The van der Waals surface area contributed by atoms with Crippen LogP contribution in [0.25, 0.3) is 6.08 Å². The van der Waals surface area contributed by atoms with Crippen LogP contribution in [0.1, 0.15) is 50.1 Å². The molecule has 4 heteroatoms. The fourth-order valence-corrected chi connectivity index (χ4v) is 3.62. The van der Waals surface area contributed by atoms with Crippen LogP contribution in [0, 0.1) is 0 Å². The number of thiophene rings is 1. The number of carbonyl (C=O) groups is 1. The minimum atomic E-state index is 0. The molecule has 1 fully saturated rings. The molecule has 1 aromatic heterocycles. The summed E-state index contributed by atoms with van der Waals surface area (Å²) in [6.45, 7) is 6.77. The van der Waals surface area contributed by atoms with Crippen molar-refractivity contribution in [1.82, 2.24) is 11.1 Å². The van der Waals surface area contributed by atoms with E-state index in [1.165, 1.54) is 5.56 Å². The first-order valence-corrected chi connectivity index (χ1v) is 9.21. The molecule has 1 unspecified atom stereocenters. The zero-order valence-corrected chi connectivity index (χ0v) is 15.7. The second-order valence-electron chi connectivity index (χ2n) is 5.41. The van der Waals surface area contributed by atoms with E-state index < -0.39 is 0 Å². The number of carbonyl (C=O) groups excluding carboxylic acids is 1. The highest BCUT2D eigenvalue weighted by molar-refractivity contribution is 7.10. The topological polar surface area (TPSA) is 55.3 Å². The fourth-order valence-electron chi connectivity index (χ4n) is 2.91. The van der Waals surface area contributed by atoms with Crippen LogP contribution >= 0.6 is 11.3 Å². The van der Waals surface area contributed by atoms with Crippen molar-refractivity contribution in [2.75, 3.05) is 6.54 Å². The second-order valence-corrected chi connectivity index (χ2v) is 6.39. The molecule has 3 rings (SSSR count). The van der Waals surface area contributed by atoms with E-state index in [2.05, 4.69) is 12.1 Å². The quantitative estimate of drug-likeness (QED) is 0.726. The van der Waals surface area contributed by atoms with Crippen LogP contribution in [0.3, 0.4) is 0 Å². The van der Waals surface area contributed by atoms with Gasteiger partial charge in [0.25, 0.3) is 0 Å². The third kappa shape index (κ3) is 4.79. The summed E-state index contributed by atoms with van der Waals surface area (Å²) in [4.78, 5) is 15.9. The van der Waals surface area contributed by atoms with Gasteiger partial charge in [0.2, 0.25) is 5.91 Å². The molecular weight excluding hydrogens is 316 g/mol. The Morgan fingerprint density at radius 3 is 2.50 bits per heavy atom. The number of amides is 1. The van der Waals surface area contributed by atoms with Gasteiger partial charge < -0.3 is 11.1 Å². The Balaban J connectivity index is 0.000000925. The van der Waals surface area contributed by atoms with E-state index in [-0.39, 0.29) is 18.1 Å². The summed E-state index contributed by atoms with van der Waals surface area (Å²) >= 11 is 1.66. The van der Waals surface area contributed by atoms with Crippen molar-refractivity contribution in [3.63, 3.8) is 0 Å². The molecule has 24 heavy (non-hydrogen) atoms. The van der Waals surface area contributed by atoms with Gasteiger partial charge >= 0.3 is 0 Å². The standard InChI is InChI=1S/C18H19NOS.C2H6.H3N/c1-14(13-16-9-6-12-21-16)18(20)19-11-5-10-17(19)15-7-3-2-4-8-15;1-2;/h2-4,6-9,12-13,17H,5,10-11H2,1H3;1-2H3;1H3/b14-13+;;. The van der Waals surface area contributed by atoms with Crippen LogP contribution in [0.5, 0.6) is 0 Å². The number of nitrogens with zero attached hydrogens (tertiary/aromatic N) is 1. The van der Waals surface area contributed by atoms with E-state index in [9.17, 15) is 4.79 Å². The van der Waals surface area contributed by atoms with Crippen LogP contribution in [0.4, 0.5) is 0 Å². The van der Waals surface area contributed by atoms with Crippen LogP contribution in [0.2, 0.25) is 0 Å². The monoisotopic (exact) mass is 344 g/mol. The lowest BCUT2D eigenvalue weighted by molar-refractivity contribution is -0.127. The van der Waals surface area contributed by atoms with Crippen molar-refractivity contribution in [3.8, 4) is 0 Å². The summed E-state index contributed by atoms with van der Waals surface area (Å²) < 4.78 is 0. The molecule has 1 saturated heterocycles. The SMILES string of the molecule is C/C(=C\c1cccs1)C(=O)N1CCCC1c1ccccc1.CC.N. The van der Waals surface area contributed by atoms with Crippen LogP contribution in [-0.2, 0) is 4.79 Å². The second kappa shape index (κ2) is 10.1. The van der Waals surface area contributed by atoms with Crippen molar-refractivity contribution < 1.29 is 4.79 Å². The Morgan fingerprint density at radius 1 is 1.17 bits per heavy atom. The van der Waals surface area contributed by atoms with Gasteiger partial charge in [0, 0.05) is 17.0 Å². The number of hydrogen-bond acceptors (Lipinski definition) is 3. The first-order valence-electron chi connectivity index (χ1n) is 8.33. The number of benzene rings is 1. The average molecular weight is 345 g/mol. The van der Waals surface area contributed by atoms with Crippen molar-refractivity contribution in [2.45, 2.75) is 39.7 Å². The van der Waals surface area contributed by atoms with Crippen molar-refractivity contribution in [1.29, 1.82) is 0 Å². The van der Waals surface area contributed by atoms with E-state index in [1.54, 1.807) is 11.3 Å². The third-order valence-corrected chi connectivity index (χ3v) is 4.76. The summed E-state index contributed by atoms with van der Waals surface area (Å²) in [6.07, 6.45) is 4.13. The van der Waals surface area contributed by atoms with Crippen molar-refractivity contribution >= 4 is 23.3 Å². The number of likely N-dealkylation sites (tertiary alicyclic amines) is 1. The van der Waals surface area contributed by atoms with Gasteiger partial charge in [0.1, 0.15) is 0 Å². The molecule has 2 aromatic rings. The molecule has 1 aliphatic rings. The lowest BCUT2D eigenvalue weighted by Gasteiger charge is -2.25. The molecule has 3 nitrogen and oxygen atoms in total. The molecule has 130 valence electrons. The summed E-state index contributed by atoms with van der Waals surface area (Å²) in [7, 11) is 0. The van der Waals surface area contributed by atoms with Gasteiger partial charge in [-0.05, 0) is 42.9 Å². The molecule has 3 N–H and O–H groups in total. The summed E-state index contributed by atoms with van der Waals surface area (Å²) in [6, 6.07) is 14.6.